The molecule has 0 aliphatic rings. The van der Waals surface area contributed by atoms with E-state index in [0.29, 0.717) is 23.3 Å². The summed E-state index contributed by atoms with van der Waals surface area (Å²) in [5.74, 6) is -0.202. The Kier molecular flexibility index (Phi) is 4.57. The average molecular weight is 290 g/mol. The molecule has 0 aliphatic heterocycles. The van der Waals surface area contributed by atoms with Crippen LogP contribution in [0.1, 0.15) is 37.7 Å². The van der Waals surface area contributed by atoms with Crippen molar-refractivity contribution >= 4 is 16.9 Å². The second kappa shape index (κ2) is 6.22. The zero-order valence-electron chi connectivity index (χ0n) is 12.7. The third kappa shape index (κ3) is 4.01. The van der Waals surface area contributed by atoms with E-state index in [0.717, 1.165) is 6.42 Å². The van der Waals surface area contributed by atoms with E-state index < -0.39 is 0 Å². The molecule has 2 aromatic heterocycles. The van der Waals surface area contributed by atoms with Gasteiger partial charge in [-0.3, -0.25) is 4.79 Å². The molecule has 2 heterocycles. The predicted molar refractivity (Wildman–Crippen MR) is 80.9 cm³/mol. The molecule has 3 N–H and O–H groups in total. The van der Waals surface area contributed by atoms with Gasteiger partial charge in [-0.25, -0.2) is 9.97 Å². The number of nitrogens with one attached hydrogen (secondary N) is 2. The van der Waals surface area contributed by atoms with Crippen LogP contribution in [0.5, 0.6) is 0 Å². The van der Waals surface area contributed by atoms with Gasteiger partial charge in [0.1, 0.15) is 17.7 Å². The molecule has 2 rings (SSSR count). The van der Waals surface area contributed by atoms with Crippen LogP contribution in [-0.4, -0.2) is 39.1 Å². The van der Waals surface area contributed by atoms with Crippen molar-refractivity contribution in [3.63, 3.8) is 0 Å². The van der Waals surface area contributed by atoms with Crippen LogP contribution in [0.3, 0.4) is 0 Å². The van der Waals surface area contributed by atoms with Crippen molar-refractivity contribution in [1.29, 1.82) is 0 Å². The number of amides is 1. The number of aromatic nitrogens is 3. The molecule has 0 aliphatic carbocycles. The van der Waals surface area contributed by atoms with E-state index in [1.807, 2.05) is 0 Å². The number of aliphatic hydroxyl groups excluding tert-OH is 1. The zero-order chi connectivity index (χ0) is 15.5. The topological polar surface area (TPSA) is 90.9 Å². The smallest absolute Gasteiger partial charge is 0.270 e. The van der Waals surface area contributed by atoms with Gasteiger partial charge >= 0.3 is 0 Å². The molecular weight excluding hydrogens is 268 g/mol. The lowest BCUT2D eigenvalue weighted by Gasteiger charge is -2.24. The van der Waals surface area contributed by atoms with Gasteiger partial charge < -0.3 is 15.4 Å². The van der Waals surface area contributed by atoms with Gasteiger partial charge in [-0.1, -0.05) is 20.8 Å². The zero-order valence-corrected chi connectivity index (χ0v) is 12.7. The molecule has 0 saturated carbocycles. The van der Waals surface area contributed by atoms with Gasteiger partial charge in [0.05, 0.1) is 5.39 Å². The maximum atomic E-state index is 12.2. The summed E-state index contributed by atoms with van der Waals surface area (Å²) in [5.41, 5.74) is 1.11. The molecule has 0 bridgehead atoms. The highest BCUT2D eigenvalue weighted by Gasteiger charge is 2.20. The Hall–Kier alpha value is -1.95. The van der Waals surface area contributed by atoms with E-state index in [4.69, 9.17) is 0 Å². The van der Waals surface area contributed by atoms with E-state index in [-0.39, 0.29) is 23.8 Å². The Morgan fingerprint density at radius 1 is 1.43 bits per heavy atom. The van der Waals surface area contributed by atoms with Gasteiger partial charge in [0.25, 0.3) is 5.91 Å². The van der Waals surface area contributed by atoms with Crippen molar-refractivity contribution in [2.75, 3.05) is 13.2 Å². The van der Waals surface area contributed by atoms with Crippen molar-refractivity contribution < 1.29 is 9.90 Å². The number of nitrogens with zero attached hydrogens (tertiary/aromatic N) is 2. The van der Waals surface area contributed by atoms with E-state index in [1.165, 1.54) is 6.33 Å². The normalized spacial score (nSPS) is 13.3. The van der Waals surface area contributed by atoms with Crippen molar-refractivity contribution in [2.24, 2.45) is 11.3 Å². The molecule has 6 nitrogen and oxygen atoms in total. The minimum absolute atomic E-state index is 0.0394. The van der Waals surface area contributed by atoms with Gasteiger partial charge in [-0.15, -0.1) is 0 Å². The van der Waals surface area contributed by atoms with Gasteiger partial charge in [-0.05, 0) is 23.8 Å². The summed E-state index contributed by atoms with van der Waals surface area (Å²) in [6.07, 6.45) is 3.94. The molecule has 0 aromatic carbocycles. The molecule has 0 radical (unpaired) electrons. The third-order valence-corrected chi connectivity index (χ3v) is 3.28. The number of carbonyl (C=O) groups is 1. The van der Waals surface area contributed by atoms with Gasteiger partial charge in [-0.2, -0.15) is 0 Å². The van der Waals surface area contributed by atoms with Crippen molar-refractivity contribution in [2.45, 2.75) is 27.2 Å². The fraction of sp³-hybridized carbons (Fsp3) is 0.533. The van der Waals surface area contributed by atoms with Crippen molar-refractivity contribution in [1.82, 2.24) is 20.3 Å². The van der Waals surface area contributed by atoms with Crippen LogP contribution in [0.25, 0.3) is 11.0 Å². The van der Waals surface area contributed by atoms with E-state index in [2.05, 4.69) is 41.0 Å². The van der Waals surface area contributed by atoms with Crippen LogP contribution in [-0.2, 0) is 0 Å². The van der Waals surface area contributed by atoms with Crippen LogP contribution in [0, 0.1) is 11.3 Å². The van der Waals surface area contributed by atoms with E-state index in [9.17, 15) is 9.90 Å². The lowest BCUT2D eigenvalue weighted by molar-refractivity contribution is 0.0926. The summed E-state index contributed by atoms with van der Waals surface area (Å²) in [7, 11) is 0. The minimum atomic E-state index is -0.241. The summed E-state index contributed by atoms with van der Waals surface area (Å²) < 4.78 is 0. The lowest BCUT2D eigenvalue weighted by Crippen LogP contribution is -2.33. The Morgan fingerprint density at radius 3 is 2.86 bits per heavy atom. The van der Waals surface area contributed by atoms with Gasteiger partial charge in [0.2, 0.25) is 0 Å². The molecule has 6 heteroatoms. The van der Waals surface area contributed by atoms with Gasteiger partial charge in [0, 0.05) is 19.3 Å². The second-order valence-corrected chi connectivity index (χ2v) is 6.49. The predicted octanol–water partition coefficient (Wildman–Crippen LogP) is 1.73. The first-order valence-electron chi connectivity index (χ1n) is 7.08. The summed E-state index contributed by atoms with van der Waals surface area (Å²) in [6, 6.07) is 1.78. The van der Waals surface area contributed by atoms with Crippen molar-refractivity contribution in [3.05, 3.63) is 24.3 Å². The van der Waals surface area contributed by atoms with Crippen LogP contribution in [0.4, 0.5) is 0 Å². The number of aromatic amines is 1. The molecule has 1 amide bonds. The largest absolute Gasteiger partial charge is 0.396 e. The van der Waals surface area contributed by atoms with E-state index in [1.54, 1.807) is 12.3 Å². The van der Waals surface area contributed by atoms with Crippen LogP contribution < -0.4 is 5.32 Å². The fourth-order valence-electron chi connectivity index (χ4n) is 2.44. The molecule has 0 fully saturated rings. The summed E-state index contributed by atoms with van der Waals surface area (Å²) >= 11 is 0. The first-order chi connectivity index (χ1) is 9.90. The second-order valence-electron chi connectivity index (χ2n) is 6.49. The Balaban J connectivity index is 2.03. The molecule has 114 valence electrons. The van der Waals surface area contributed by atoms with Crippen LogP contribution >= 0.6 is 0 Å². The highest BCUT2D eigenvalue weighted by Crippen LogP contribution is 2.23. The molecule has 1 atom stereocenters. The molecule has 0 saturated heterocycles. The Morgan fingerprint density at radius 2 is 2.19 bits per heavy atom. The number of carbonyl (C=O) groups excluding carboxylic acids is 1. The quantitative estimate of drug-likeness (QED) is 0.782. The lowest BCUT2D eigenvalue weighted by atomic mass is 9.85. The average Bonchev–Trinajstić information content (AvgIpc) is 2.89. The highest BCUT2D eigenvalue weighted by molar-refractivity contribution is 6.03. The molecule has 21 heavy (non-hydrogen) atoms. The van der Waals surface area contributed by atoms with Crippen LogP contribution in [0.15, 0.2) is 18.6 Å². The number of fused-ring (bicyclic) bond motifs is 1. The summed E-state index contributed by atoms with van der Waals surface area (Å²) in [6.45, 7) is 6.84. The maximum absolute atomic E-state index is 12.2. The first kappa shape index (κ1) is 15.4. The Bertz CT molecular complexity index is 615. The third-order valence-electron chi connectivity index (χ3n) is 3.28. The summed E-state index contributed by atoms with van der Waals surface area (Å²) in [5, 5.41) is 13.0. The molecule has 0 spiro atoms. The fourth-order valence-corrected chi connectivity index (χ4v) is 2.44. The monoisotopic (exact) mass is 290 g/mol. The Labute approximate surface area is 124 Å². The maximum Gasteiger partial charge on any atom is 0.270 e. The van der Waals surface area contributed by atoms with E-state index >= 15 is 0 Å². The van der Waals surface area contributed by atoms with Gasteiger partial charge in [0.15, 0.2) is 0 Å². The number of rotatable bonds is 5. The summed E-state index contributed by atoms with van der Waals surface area (Å²) in [4.78, 5) is 23.3. The number of hydrogen-bond acceptors (Lipinski definition) is 4. The standard InChI is InChI=1S/C15H22N4O2/c1-15(2,3)6-10(8-20)7-17-14(21)12-11-4-5-16-13(11)19-9-18-12/h4-5,9-10,20H,6-8H2,1-3H3,(H,17,21)(H,16,18,19). The minimum Gasteiger partial charge on any atom is -0.396 e. The first-order valence-corrected chi connectivity index (χ1v) is 7.08. The number of hydrogen-bond donors (Lipinski definition) is 3. The molecular formula is C15H22N4O2. The highest BCUT2D eigenvalue weighted by atomic mass is 16.3. The number of H-pyrrole nitrogens is 1. The van der Waals surface area contributed by atoms with Crippen molar-refractivity contribution in [3.8, 4) is 0 Å². The SMILES string of the molecule is CC(C)(C)CC(CO)CNC(=O)c1ncnc2[nH]ccc12. The molecule has 2 aromatic rings. The molecule has 1 unspecified atom stereocenters. The van der Waals surface area contributed by atoms with Crippen LogP contribution in [0.2, 0.25) is 0 Å². The number of aliphatic hydroxyl groups is 1.